The second-order valence-corrected chi connectivity index (χ2v) is 11.7. The number of hydrogen-bond acceptors (Lipinski definition) is 9. The van der Waals surface area contributed by atoms with Gasteiger partial charge >= 0.3 is 11.9 Å². The lowest BCUT2D eigenvalue weighted by molar-refractivity contribution is -0.384. The summed E-state index contributed by atoms with van der Waals surface area (Å²) in [5.74, 6) is -2.17. The number of piperazine rings is 1. The van der Waals surface area contributed by atoms with Crippen molar-refractivity contribution in [2.45, 2.75) is 33.6 Å². The van der Waals surface area contributed by atoms with Gasteiger partial charge in [0.2, 0.25) is 0 Å². The molecule has 1 saturated heterocycles. The van der Waals surface area contributed by atoms with Crippen LogP contribution in [0.5, 0.6) is 0 Å². The molecule has 11 nitrogen and oxygen atoms in total. The number of nitro groups is 1. The van der Waals surface area contributed by atoms with Crippen molar-refractivity contribution in [2.24, 2.45) is 5.41 Å². The van der Waals surface area contributed by atoms with Crippen molar-refractivity contribution in [3.05, 3.63) is 98.4 Å². The molecule has 11 heteroatoms. The van der Waals surface area contributed by atoms with Gasteiger partial charge < -0.3 is 19.7 Å². The highest BCUT2D eigenvalue weighted by atomic mass is 16.6. The number of methoxy groups -OCH3 is 1. The fraction of sp³-hybridized carbons (Fsp3) is 0.406. The number of rotatable bonds is 9. The molecule has 2 aromatic carbocycles. The number of esters is 2. The molecular formula is C32H38N4O7. The summed E-state index contributed by atoms with van der Waals surface area (Å²) in [6.07, 6.45) is 0. The Morgan fingerprint density at radius 3 is 2.19 bits per heavy atom. The monoisotopic (exact) mass is 590 g/mol. The van der Waals surface area contributed by atoms with Crippen LogP contribution in [0, 0.1) is 15.5 Å². The summed E-state index contributed by atoms with van der Waals surface area (Å²) >= 11 is 0. The first-order valence-corrected chi connectivity index (χ1v) is 14.2. The standard InChI is InChI=1S/C32H38N4O7/c1-21-26(30(38)42-5)28(24-12-9-13-25(18-24)36(40)41)27(22(2)33-21)31(39)43-20-32(3,4)19-34-14-16-35(17-15-34)29(37)23-10-7-6-8-11-23/h6-13,18,28,33H,14-17,19-20H2,1-5H3. The molecule has 2 heterocycles. The average Bonchev–Trinajstić information content (AvgIpc) is 2.99. The van der Waals surface area contributed by atoms with Crippen molar-refractivity contribution in [1.82, 2.24) is 15.1 Å². The van der Waals surface area contributed by atoms with Gasteiger partial charge in [0.25, 0.3) is 11.6 Å². The molecule has 1 atom stereocenters. The molecule has 0 bridgehead atoms. The Morgan fingerprint density at radius 1 is 0.953 bits per heavy atom. The third-order valence-corrected chi connectivity index (χ3v) is 7.73. The number of allylic oxidation sites excluding steroid dienone is 2. The summed E-state index contributed by atoms with van der Waals surface area (Å²) in [6.45, 7) is 10.8. The molecule has 228 valence electrons. The number of non-ortho nitro benzene ring substituents is 1. The van der Waals surface area contributed by atoms with E-state index in [-0.39, 0.29) is 29.3 Å². The zero-order valence-electron chi connectivity index (χ0n) is 25.2. The number of dihydropyridines is 1. The van der Waals surface area contributed by atoms with Crippen LogP contribution in [-0.4, -0.2) is 79.0 Å². The molecule has 43 heavy (non-hydrogen) atoms. The van der Waals surface area contributed by atoms with Gasteiger partial charge in [-0.15, -0.1) is 0 Å². The number of amides is 1. The first-order valence-electron chi connectivity index (χ1n) is 14.2. The molecule has 0 saturated carbocycles. The van der Waals surface area contributed by atoms with E-state index in [1.54, 1.807) is 19.9 Å². The minimum atomic E-state index is -0.917. The van der Waals surface area contributed by atoms with E-state index in [1.165, 1.54) is 25.3 Å². The fourth-order valence-corrected chi connectivity index (χ4v) is 5.66. The van der Waals surface area contributed by atoms with Crippen LogP contribution >= 0.6 is 0 Å². The van der Waals surface area contributed by atoms with Gasteiger partial charge in [-0.2, -0.15) is 0 Å². The minimum absolute atomic E-state index is 0.0205. The van der Waals surface area contributed by atoms with Gasteiger partial charge in [-0.3, -0.25) is 19.8 Å². The Morgan fingerprint density at radius 2 is 1.58 bits per heavy atom. The number of nitro benzene ring substituents is 1. The molecule has 0 radical (unpaired) electrons. The summed E-state index contributed by atoms with van der Waals surface area (Å²) in [4.78, 5) is 54.5. The number of benzene rings is 2. The molecule has 2 aromatic rings. The summed E-state index contributed by atoms with van der Waals surface area (Å²) in [7, 11) is 1.25. The van der Waals surface area contributed by atoms with Crippen LogP contribution in [0.25, 0.3) is 0 Å². The topological polar surface area (TPSA) is 131 Å². The van der Waals surface area contributed by atoms with Gasteiger partial charge in [-0.25, -0.2) is 9.59 Å². The van der Waals surface area contributed by atoms with Crippen LogP contribution in [0.1, 0.15) is 49.5 Å². The number of nitrogens with one attached hydrogen (secondary N) is 1. The van der Waals surface area contributed by atoms with Crippen molar-refractivity contribution >= 4 is 23.5 Å². The third kappa shape index (κ3) is 7.29. The first kappa shape index (κ1) is 31.4. The zero-order chi connectivity index (χ0) is 31.3. The Bertz CT molecular complexity index is 1460. The van der Waals surface area contributed by atoms with Gasteiger partial charge in [0.05, 0.1) is 35.7 Å². The van der Waals surface area contributed by atoms with E-state index in [9.17, 15) is 24.5 Å². The van der Waals surface area contributed by atoms with Gasteiger partial charge in [0.1, 0.15) is 0 Å². The minimum Gasteiger partial charge on any atom is -0.466 e. The molecule has 1 amide bonds. The highest BCUT2D eigenvalue weighted by molar-refractivity contribution is 6.00. The van der Waals surface area contributed by atoms with Gasteiger partial charge in [0, 0.05) is 67.2 Å². The lowest BCUT2D eigenvalue weighted by Gasteiger charge is -2.39. The smallest absolute Gasteiger partial charge is 0.336 e. The lowest BCUT2D eigenvalue weighted by atomic mass is 9.80. The number of carbonyl (C=O) groups is 3. The van der Waals surface area contributed by atoms with Gasteiger partial charge in [-0.05, 0) is 31.5 Å². The van der Waals surface area contributed by atoms with Crippen LogP contribution < -0.4 is 5.32 Å². The summed E-state index contributed by atoms with van der Waals surface area (Å²) < 4.78 is 10.9. The Hall–Kier alpha value is -4.51. The van der Waals surface area contributed by atoms with E-state index >= 15 is 0 Å². The van der Waals surface area contributed by atoms with E-state index in [0.717, 1.165) is 0 Å². The Kier molecular flexibility index (Phi) is 9.65. The third-order valence-electron chi connectivity index (χ3n) is 7.73. The molecule has 0 aromatic heterocycles. The molecule has 1 fully saturated rings. The van der Waals surface area contributed by atoms with Crippen molar-refractivity contribution in [2.75, 3.05) is 46.4 Å². The lowest BCUT2D eigenvalue weighted by Crippen LogP contribution is -2.51. The predicted molar refractivity (Wildman–Crippen MR) is 160 cm³/mol. The van der Waals surface area contributed by atoms with E-state index in [1.807, 2.05) is 49.1 Å². The molecule has 1 N–H and O–H groups in total. The number of hydrogen-bond donors (Lipinski definition) is 1. The van der Waals surface area contributed by atoms with Crippen molar-refractivity contribution in [3.63, 3.8) is 0 Å². The maximum Gasteiger partial charge on any atom is 0.336 e. The van der Waals surface area contributed by atoms with Crippen LogP contribution in [0.3, 0.4) is 0 Å². The Balaban J connectivity index is 1.45. The quantitative estimate of drug-likeness (QED) is 0.261. The zero-order valence-corrected chi connectivity index (χ0v) is 25.2. The van der Waals surface area contributed by atoms with Crippen LogP contribution in [0.4, 0.5) is 5.69 Å². The van der Waals surface area contributed by atoms with E-state index in [0.29, 0.717) is 55.2 Å². The fourth-order valence-electron chi connectivity index (χ4n) is 5.66. The van der Waals surface area contributed by atoms with Crippen molar-refractivity contribution < 1.29 is 28.8 Å². The molecule has 1 unspecified atom stereocenters. The van der Waals surface area contributed by atoms with E-state index in [2.05, 4.69) is 10.2 Å². The summed E-state index contributed by atoms with van der Waals surface area (Å²) in [6, 6.07) is 15.1. The van der Waals surface area contributed by atoms with Crippen LogP contribution in [-0.2, 0) is 19.1 Å². The maximum atomic E-state index is 13.7. The van der Waals surface area contributed by atoms with E-state index < -0.39 is 28.2 Å². The molecule has 4 rings (SSSR count). The number of nitrogens with zero attached hydrogens (tertiary/aromatic N) is 3. The van der Waals surface area contributed by atoms with Crippen molar-refractivity contribution in [3.8, 4) is 0 Å². The number of ether oxygens (including phenoxy) is 2. The van der Waals surface area contributed by atoms with Gasteiger partial charge in [-0.1, -0.05) is 44.2 Å². The largest absolute Gasteiger partial charge is 0.466 e. The molecule has 0 spiro atoms. The molecular weight excluding hydrogens is 552 g/mol. The van der Waals surface area contributed by atoms with Crippen LogP contribution in [0.2, 0.25) is 0 Å². The molecule has 0 aliphatic carbocycles. The average molecular weight is 591 g/mol. The SMILES string of the molecule is COC(=O)C1=C(C)NC(C)=C(C(=O)OCC(C)(C)CN2CCN(C(=O)c3ccccc3)CC2)C1c1cccc([N+](=O)[O-])c1. The van der Waals surface area contributed by atoms with E-state index in [4.69, 9.17) is 9.47 Å². The van der Waals surface area contributed by atoms with Crippen LogP contribution in [0.15, 0.2) is 77.1 Å². The maximum absolute atomic E-state index is 13.7. The second kappa shape index (κ2) is 13.2. The molecule has 2 aliphatic rings. The van der Waals surface area contributed by atoms with Crippen molar-refractivity contribution in [1.29, 1.82) is 0 Å². The summed E-state index contributed by atoms with van der Waals surface area (Å²) in [5.41, 5.74) is 1.85. The Labute approximate surface area is 251 Å². The highest BCUT2D eigenvalue weighted by Gasteiger charge is 2.39. The highest BCUT2D eigenvalue weighted by Crippen LogP contribution is 2.40. The number of carbonyl (C=O) groups excluding carboxylic acids is 3. The summed E-state index contributed by atoms with van der Waals surface area (Å²) in [5, 5.41) is 14.6. The van der Waals surface area contributed by atoms with Gasteiger partial charge in [0.15, 0.2) is 0 Å². The second-order valence-electron chi connectivity index (χ2n) is 11.7. The first-order chi connectivity index (χ1) is 20.4. The molecule has 2 aliphatic heterocycles. The predicted octanol–water partition coefficient (Wildman–Crippen LogP) is 4.03. The normalized spacial score (nSPS) is 17.8.